The third-order valence-electron chi connectivity index (χ3n) is 4.33. The molecule has 1 unspecified atom stereocenters. The molecule has 5 nitrogen and oxygen atoms in total. The molecule has 2 aliphatic rings. The number of nitrogens with one attached hydrogen (secondary N) is 1. The van der Waals surface area contributed by atoms with E-state index in [4.69, 9.17) is 11.6 Å². The smallest absolute Gasteiger partial charge is 0.303 e. The second-order valence-corrected chi connectivity index (χ2v) is 8.74. The summed E-state index contributed by atoms with van der Waals surface area (Å²) in [4.78, 5) is 1.78. The molecule has 0 bridgehead atoms. The van der Waals surface area contributed by atoms with Gasteiger partial charge in [0.25, 0.3) is 5.92 Å². The lowest BCUT2D eigenvalue weighted by atomic mass is 9.89. The van der Waals surface area contributed by atoms with Gasteiger partial charge in [0.05, 0.1) is 10.7 Å². The van der Waals surface area contributed by atoms with Crippen molar-refractivity contribution in [3.05, 3.63) is 41.7 Å². The number of alkyl halides is 2. The second kappa shape index (κ2) is 6.41. The van der Waals surface area contributed by atoms with Crippen LogP contribution in [0.2, 0.25) is 5.02 Å². The van der Waals surface area contributed by atoms with E-state index in [-0.39, 0.29) is 5.92 Å². The van der Waals surface area contributed by atoms with E-state index in [9.17, 15) is 17.2 Å². The highest BCUT2D eigenvalue weighted by molar-refractivity contribution is 7.87. The highest BCUT2D eigenvalue weighted by Gasteiger charge is 2.48. The Labute approximate surface area is 151 Å². The zero-order chi connectivity index (χ0) is 18.4. The number of nitrogens with zero attached hydrogens (tertiary/aromatic N) is 2. The first-order valence-electron chi connectivity index (χ1n) is 8.00. The summed E-state index contributed by atoms with van der Waals surface area (Å²) >= 11 is 6.24. The summed E-state index contributed by atoms with van der Waals surface area (Å²) in [5.74, 6) is -2.85. The van der Waals surface area contributed by atoms with Crippen molar-refractivity contribution in [3.8, 4) is 0 Å². The Morgan fingerprint density at radius 1 is 1.24 bits per heavy atom. The average molecular weight is 392 g/mol. The predicted molar refractivity (Wildman–Crippen MR) is 93.6 cm³/mol. The topological polar surface area (TPSA) is 52.7 Å². The van der Waals surface area contributed by atoms with E-state index in [1.807, 2.05) is 19.9 Å². The molecule has 1 saturated carbocycles. The molecule has 0 aromatic heterocycles. The quantitative estimate of drug-likeness (QED) is 0.835. The molecule has 1 aliphatic heterocycles. The van der Waals surface area contributed by atoms with E-state index in [1.165, 1.54) is 10.5 Å². The summed E-state index contributed by atoms with van der Waals surface area (Å²) in [6.07, 6.45) is 1.61. The van der Waals surface area contributed by atoms with Crippen LogP contribution in [-0.4, -0.2) is 30.9 Å². The van der Waals surface area contributed by atoms with Crippen molar-refractivity contribution < 1.29 is 17.2 Å². The molecular weight excluding hydrogens is 372 g/mol. The Balaban J connectivity index is 1.82. The molecule has 0 spiro atoms. The van der Waals surface area contributed by atoms with Gasteiger partial charge in [-0.05, 0) is 18.1 Å². The van der Waals surface area contributed by atoms with Crippen molar-refractivity contribution in [2.45, 2.75) is 44.8 Å². The molecule has 1 aromatic carbocycles. The maximum atomic E-state index is 13.0. The standard InChI is InChI=1S/C16H20ClF2N3O2S/c1-11(2)15-21(14-6-4-3-5-13(14)17)7-8-22(15)25(23,24)20-12-9-16(18,19)10-12/h3-8,11-12,15,20H,9-10H2,1-2H3. The first-order valence-corrected chi connectivity index (χ1v) is 9.82. The van der Waals surface area contributed by atoms with Crippen LogP contribution in [0.15, 0.2) is 36.7 Å². The fourth-order valence-corrected chi connectivity index (χ4v) is 4.96. The Morgan fingerprint density at radius 2 is 1.88 bits per heavy atom. The molecule has 0 amide bonds. The van der Waals surface area contributed by atoms with Gasteiger partial charge in [-0.15, -0.1) is 0 Å². The van der Waals surface area contributed by atoms with Crippen LogP contribution in [0.5, 0.6) is 0 Å². The molecule has 25 heavy (non-hydrogen) atoms. The SMILES string of the molecule is CC(C)C1N(c2ccccc2Cl)C=CN1S(=O)(=O)NC1CC(F)(F)C1. The van der Waals surface area contributed by atoms with E-state index < -0.39 is 41.2 Å². The molecule has 0 radical (unpaired) electrons. The first kappa shape index (κ1) is 18.4. The lowest BCUT2D eigenvalue weighted by molar-refractivity contribution is -0.0879. The normalized spacial score (nSPS) is 23.4. The van der Waals surface area contributed by atoms with E-state index in [1.54, 1.807) is 29.3 Å². The Bertz CT molecular complexity index is 777. The summed E-state index contributed by atoms with van der Waals surface area (Å²) < 4.78 is 54.9. The monoisotopic (exact) mass is 391 g/mol. The van der Waals surface area contributed by atoms with Gasteiger partial charge in [-0.25, -0.2) is 13.1 Å². The van der Waals surface area contributed by atoms with Crippen LogP contribution in [0, 0.1) is 5.92 Å². The third-order valence-corrected chi connectivity index (χ3v) is 6.17. The predicted octanol–water partition coefficient (Wildman–Crippen LogP) is 3.55. The minimum atomic E-state index is -3.94. The Kier molecular flexibility index (Phi) is 4.72. The van der Waals surface area contributed by atoms with E-state index in [2.05, 4.69) is 4.72 Å². The molecule has 3 rings (SSSR count). The Hall–Kier alpha value is -1.38. The number of anilines is 1. The molecule has 138 valence electrons. The van der Waals surface area contributed by atoms with E-state index in [0.717, 1.165) is 0 Å². The molecule has 1 aromatic rings. The van der Waals surface area contributed by atoms with Gasteiger partial charge in [0.2, 0.25) is 0 Å². The summed E-state index contributed by atoms with van der Waals surface area (Å²) in [5, 5.41) is 0.503. The highest BCUT2D eigenvalue weighted by Crippen LogP contribution is 2.39. The Morgan fingerprint density at radius 3 is 2.44 bits per heavy atom. The minimum absolute atomic E-state index is 0.0642. The van der Waals surface area contributed by atoms with Crippen LogP contribution in [-0.2, 0) is 10.2 Å². The minimum Gasteiger partial charge on any atom is -0.323 e. The number of halogens is 3. The largest absolute Gasteiger partial charge is 0.323 e. The van der Waals surface area contributed by atoms with Crippen LogP contribution in [0.3, 0.4) is 0 Å². The van der Waals surface area contributed by atoms with Gasteiger partial charge < -0.3 is 4.90 Å². The zero-order valence-corrected chi connectivity index (χ0v) is 15.4. The maximum Gasteiger partial charge on any atom is 0.303 e. The van der Waals surface area contributed by atoms with Gasteiger partial charge in [-0.1, -0.05) is 37.6 Å². The highest BCUT2D eigenvalue weighted by atomic mass is 35.5. The lowest BCUT2D eigenvalue weighted by Crippen LogP contribution is -2.56. The average Bonchev–Trinajstić information content (AvgIpc) is 2.91. The molecule has 1 N–H and O–H groups in total. The maximum absolute atomic E-state index is 13.0. The fraction of sp³-hybridized carbons (Fsp3) is 0.500. The van der Waals surface area contributed by atoms with Crippen molar-refractivity contribution in [2.24, 2.45) is 5.92 Å². The van der Waals surface area contributed by atoms with Gasteiger partial charge in [0.15, 0.2) is 0 Å². The zero-order valence-electron chi connectivity index (χ0n) is 13.9. The number of para-hydroxylation sites is 1. The summed E-state index contributed by atoms with van der Waals surface area (Å²) in [6, 6.07) is 6.41. The summed E-state index contributed by atoms with van der Waals surface area (Å²) in [7, 11) is -3.94. The first-order chi connectivity index (χ1) is 11.6. The second-order valence-electron chi connectivity index (χ2n) is 6.73. The molecule has 1 atom stereocenters. The van der Waals surface area contributed by atoms with Crippen LogP contribution in [0.1, 0.15) is 26.7 Å². The van der Waals surface area contributed by atoms with E-state index >= 15 is 0 Å². The van der Waals surface area contributed by atoms with Crippen LogP contribution >= 0.6 is 11.6 Å². The van der Waals surface area contributed by atoms with Crippen molar-refractivity contribution in [3.63, 3.8) is 0 Å². The molecule has 1 fully saturated rings. The van der Waals surface area contributed by atoms with Gasteiger partial charge >= 0.3 is 10.2 Å². The number of benzene rings is 1. The number of hydrogen-bond acceptors (Lipinski definition) is 3. The molecule has 1 heterocycles. The van der Waals surface area contributed by atoms with Crippen LogP contribution in [0.25, 0.3) is 0 Å². The number of rotatable bonds is 5. The van der Waals surface area contributed by atoms with Crippen LogP contribution in [0.4, 0.5) is 14.5 Å². The molecule has 1 aliphatic carbocycles. The molecular formula is C16H20ClF2N3O2S. The third kappa shape index (κ3) is 3.61. The van der Waals surface area contributed by atoms with Gasteiger partial charge in [0, 0.05) is 31.3 Å². The molecule has 9 heteroatoms. The molecule has 0 saturated heterocycles. The van der Waals surface area contributed by atoms with Gasteiger partial charge in [-0.2, -0.15) is 13.1 Å². The number of hydrogen-bond donors (Lipinski definition) is 1. The van der Waals surface area contributed by atoms with Crippen LogP contribution < -0.4 is 9.62 Å². The van der Waals surface area contributed by atoms with Crippen molar-refractivity contribution >= 4 is 27.5 Å². The van der Waals surface area contributed by atoms with Crippen molar-refractivity contribution in [2.75, 3.05) is 4.90 Å². The van der Waals surface area contributed by atoms with Crippen molar-refractivity contribution in [1.29, 1.82) is 0 Å². The van der Waals surface area contributed by atoms with Crippen molar-refractivity contribution in [1.82, 2.24) is 9.03 Å². The fourth-order valence-electron chi connectivity index (χ4n) is 3.17. The lowest BCUT2D eigenvalue weighted by Gasteiger charge is -2.39. The summed E-state index contributed by atoms with van der Waals surface area (Å²) in [5.41, 5.74) is 0.687. The van der Waals surface area contributed by atoms with Gasteiger partial charge in [0.1, 0.15) is 6.17 Å². The van der Waals surface area contributed by atoms with E-state index in [0.29, 0.717) is 10.7 Å². The summed E-state index contributed by atoms with van der Waals surface area (Å²) in [6.45, 7) is 3.78. The van der Waals surface area contributed by atoms with Gasteiger partial charge in [-0.3, -0.25) is 0 Å².